The smallest absolute Gasteiger partial charge is 0.343 e. The first-order chi connectivity index (χ1) is 23.3. The van der Waals surface area contributed by atoms with Crippen LogP contribution in [0.5, 0.6) is 34.5 Å². The molecule has 0 aliphatic rings. The van der Waals surface area contributed by atoms with Crippen molar-refractivity contribution in [3.05, 3.63) is 143 Å². The molecule has 0 bridgehead atoms. The number of carbonyl (C=O) groups excluding carboxylic acids is 4. The lowest BCUT2D eigenvalue weighted by atomic mass is 10.1. The van der Waals surface area contributed by atoms with Crippen molar-refractivity contribution in [2.45, 2.75) is 13.3 Å². The van der Waals surface area contributed by atoms with Crippen LogP contribution in [0.3, 0.4) is 0 Å². The molecule has 242 valence electrons. The minimum Gasteiger partial charge on any atom is -0.508 e. The molecule has 0 amide bonds. The number of phenols is 1. The third-order valence-corrected chi connectivity index (χ3v) is 6.90. The molecule has 0 fully saturated rings. The molecule has 0 aliphatic heterocycles. The molecule has 0 atom stereocenters. The Hall–Kier alpha value is -6.42. The summed E-state index contributed by atoms with van der Waals surface area (Å²) in [5.41, 5.74) is 1.85. The normalized spacial score (nSPS) is 10.4. The zero-order valence-corrected chi connectivity index (χ0v) is 25.8. The lowest BCUT2D eigenvalue weighted by Gasteiger charge is -2.11. The van der Waals surface area contributed by atoms with Crippen molar-refractivity contribution in [1.82, 2.24) is 0 Å². The summed E-state index contributed by atoms with van der Waals surface area (Å²) in [7, 11) is 0. The van der Waals surface area contributed by atoms with E-state index in [1.54, 1.807) is 61.5 Å². The number of benzene rings is 5. The van der Waals surface area contributed by atoms with Crippen LogP contribution in [-0.4, -0.2) is 42.5 Å². The lowest BCUT2D eigenvalue weighted by molar-refractivity contribution is 0.0717. The van der Waals surface area contributed by atoms with E-state index in [1.165, 1.54) is 60.7 Å². The van der Waals surface area contributed by atoms with Gasteiger partial charge in [0.15, 0.2) is 0 Å². The van der Waals surface area contributed by atoms with Gasteiger partial charge in [-0.25, -0.2) is 14.4 Å². The van der Waals surface area contributed by atoms with Gasteiger partial charge < -0.3 is 28.8 Å². The molecule has 1 N–H and O–H groups in total. The number of hydrogen-bond donors (Lipinski definition) is 1. The summed E-state index contributed by atoms with van der Waals surface area (Å²) in [6.07, 6.45) is 1.32. The SMILES string of the molecule is Cc1cc(OC(=O)c2ccc(OC(=O)c3ccc(C=O)cc3)cc2)ccc1OC(=O)c1ccc(OCCCOc2ccc(O)cc2)cc1. The maximum Gasteiger partial charge on any atom is 0.343 e. The Bertz CT molecular complexity index is 1880. The Morgan fingerprint density at radius 3 is 1.52 bits per heavy atom. The van der Waals surface area contributed by atoms with E-state index in [0.717, 1.165) is 0 Å². The second kappa shape index (κ2) is 15.7. The van der Waals surface area contributed by atoms with Crippen LogP contribution < -0.4 is 23.7 Å². The summed E-state index contributed by atoms with van der Waals surface area (Å²) in [6.45, 7) is 2.58. The fourth-order valence-electron chi connectivity index (χ4n) is 4.32. The molecule has 0 saturated heterocycles. The van der Waals surface area contributed by atoms with Gasteiger partial charge in [0, 0.05) is 12.0 Å². The van der Waals surface area contributed by atoms with Gasteiger partial charge in [0.25, 0.3) is 0 Å². The number of rotatable bonds is 13. The first-order valence-corrected chi connectivity index (χ1v) is 14.8. The standard InChI is InChI=1S/C38H30O10/c1-25-23-34(47-37(42)28-9-15-33(16-10-28)46-36(41)27-5-3-26(24-39)4-6-27)19-20-35(25)48-38(43)29-7-13-31(14-8-29)44-21-2-22-45-32-17-11-30(40)12-18-32/h3-20,23-24,40H,2,21-22H2,1H3. The zero-order valence-electron chi connectivity index (χ0n) is 25.8. The Labute approximate surface area is 276 Å². The largest absolute Gasteiger partial charge is 0.508 e. The van der Waals surface area contributed by atoms with Crippen LogP contribution >= 0.6 is 0 Å². The van der Waals surface area contributed by atoms with E-state index in [-0.39, 0.29) is 28.4 Å². The van der Waals surface area contributed by atoms with Gasteiger partial charge in [0.05, 0.1) is 29.9 Å². The van der Waals surface area contributed by atoms with Crippen LogP contribution in [0.1, 0.15) is 53.4 Å². The monoisotopic (exact) mass is 646 g/mol. The summed E-state index contributed by atoms with van der Waals surface area (Å²) >= 11 is 0. The van der Waals surface area contributed by atoms with Gasteiger partial charge in [-0.2, -0.15) is 0 Å². The molecule has 5 rings (SSSR count). The molecular weight excluding hydrogens is 616 g/mol. The average Bonchev–Trinajstić information content (AvgIpc) is 3.10. The Kier molecular flexibility index (Phi) is 10.8. The number of phenolic OH excluding ortho intramolecular Hbond substituents is 1. The fourth-order valence-corrected chi connectivity index (χ4v) is 4.32. The molecule has 0 aliphatic carbocycles. The van der Waals surface area contributed by atoms with Crippen molar-refractivity contribution >= 4 is 24.2 Å². The molecule has 0 radical (unpaired) electrons. The van der Waals surface area contributed by atoms with Gasteiger partial charge in [0.1, 0.15) is 40.8 Å². The summed E-state index contributed by atoms with van der Waals surface area (Å²) in [5.74, 6) is 0.422. The first kappa shape index (κ1) is 33.0. The molecule has 48 heavy (non-hydrogen) atoms. The Morgan fingerprint density at radius 2 is 1.00 bits per heavy atom. The maximum absolute atomic E-state index is 12.8. The van der Waals surface area contributed by atoms with Crippen LogP contribution in [0.25, 0.3) is 0 Å². The zero-order chi connectivity index (χ0) is 33.9. The van der Waals surface area contributed by atoms with E-state index < -0.39 is 17.9 Å². The van der Waals surface area contributed by atoms with Gasteiger partial charge in [0.2, 0.25) is 0 Å². The fraction of sp³-hybridized carbons (Fsp3) is 0.105. The molecule has 0 heterocycles. The van der Waals surface area contributed by atoms with Crippen molar-refractivity contribution in [2.24, 2.45) is 0 Å². The number of aromatic hydroxyl groups is 1. The van der Waals surface area contributed by atoms with Crippen LogP contribution in [0.4, 0.5) is 0 Å². The number of ether oxygens (including phenoxy) is 5. The molecule has 10 heteroatoms. The number of carbonyl (C=O) groups is 4. The number of hydrogen-bond acceptors (Lipinski definition) is 10. The highest BCUT2D eigenvalue weighted by Gasteiger charge is 2.15. The molecule has 0 unspecified atom stereocenters. The van der Waals surface area contributed by atoms with E-state index in [4.69, 9.17) is 23.7 Å². The Balaban J connectivity index is 1.07. The molecule has 5 aromatic rings. The first-order valence-electron chi connectivity index (χ1n) is 14.8. The van der Waals surface area contributed by atoms with Crippen molar-refractivity contribution in [2.75, 3.05) is 13.2 Å². The molecule has 5 aromatic carbocycles. The van der Waals surface area contributed by atoms with E-state index in [1.807, 2.05) is 0 Å². The van der Waals surface area contributed by atoms with Gasteiger partial charge in [-0.05, 0) is 116 Å². The molecule has 0 saturated carbocycles. The van der Waals surface area contributed by atoms with Crippen LogP contribution in [0.15, 0.2) is 115 Å². The summed E-state index contributed by atoms with van der Waals surface area (Å²) < 4.78 is 27.7. The van der Waals surface area contributed by atoms with Crippen molar-refractivity contribution in [1.29, 1.82) is 0 Å². The maximum atomic E-state index is 12.8. The minimum atomic E-state index is -0.631. The third kappa shape index (κ3) is 9.07. The number of esters is 3. The lowest BCUT2D eigenvalue weighted by Crippen LogP contribution is -2.11. The van der Waals surface area contributed by atoms with E-state index in [2.05, 4.69) is 0 Å². The van der Waals surface area contributed by atoms with Crippen molar-refractivity contribution in [3.63, 3.8) is 0 Å². The highest BCUT2D eigenvalue weighted by molar-refractivity contribution is 5.93. The Morgan fingerprint density at radius 1 is 0.562 bits per heavy atom. The molecule has 0 aromatic heterocycles. The molecule has 10 nitrogen and oxygen atoms in total. The summed E-state index contributed by atoms with van der Waals surface area (Å²) in [4.78, 5) is 48.6. The molecule has 0 spiro atoms. The van der Waals surface area contributed by atoms with Gasteiger partial charge >= 0.3 is 17.9 Å². The van der Waals surface area contributed by atoms with Crippen LogP contribution in [0, 0.1) is 6.92 Å². The quantitative estimate of drug-likeness (QED) is 0.0615. The predicted octanol–water partition coefficient (Wildman–Crippen LogP) is 7.02. The topological polar surface area (TPSA) is 135 Å². The van der Waals surface area contributed by atoms with Gasteiger partial charge in [-0.3, -0.25) is 4.79 Å². The summed E-state index contributed by atoms with van der Waals surface area (Å²) in [5, 5.41) is 9.32. The van der Waals surface area contributed by atoms with Crippen molar-refractivity contribution < 1.29 is 48.0 Å². The molecular formula is C38H30O10. The van der Waals surface area contributed by atoms with Gasteiger partial charge in [-0.1, -0.05) is 12.1 Å². The minimum absolute atomic E-state index is 0.177. The van der Waals surface area contributed by atoms with Crippen LogP contribution in [0.2, 0.25) is 0 Å². The predicted molar refractivity (Wildman–Crippen MR) is 174 cm³/mol. The van der Waals surface area contributed by atoms with E-state index in [0.29, 0.717) is 59.9 Å². The van der Waals surface area contributed by atoms with E-state index in [9.17, 15) is 24.3 Å². The second-order valence-corrected chi connectivity index (χ2v) is 10.4. The number of aryl methyl sites for hydroxylation is 1. The highest BCUT2D eigenvalue weighted by atomic mass is 16.5. The van der Waals surface area contributed by atoms with E-state index >= 15 is 0 Å². The van der Waals surface area contributed by atoms with Crippen LogP contribution in [-0.2, 0) is 0 Å². The van der Waals surface area contributed by atoms with Crippen molar-refractivity contribution in [3.8, 4) is 34.5 Å². The number of aldehydes is 1. The second-order valence-electron chi connectivity index (χ2n) is 10.4. The summed E-state index contributed by atoms with van der Waals surface area (Å²) in [6, 6.07) is 29.6. The highest BCUT2D eigenvalue weighted by Crippen LogP contribution is 2.26. The van der Waals surface area contributed by atoms with Gasteiger partial charge in [-0.15, -0.1) is 0 Å². The average molecular weight is 647 g/mol. The third-order valence-electron chi connectivity index (χ3n) is 6.90.